The van der Waals surface area contributed by atoms with Gasteiger partial charge in [0.1, 0.15) is 10.0 Å². The molecule has 1 aromatic rings. The Morgan fingerprint density at radius 1 is 1.55 bits per heavy atom. The lowest BCUT2D eigenvalue weighted by atomic mass is 10.1. The standard InChI is InChI=1S/C12H16BrClN2O3S/c1-16(8-10-4-2-3-5-19-10)20(17,18)11-6-9(13)7-15-12(11)14/h6-7,10H,2-5,8H2,1H3. The summed E-state index contributed by atoms with van der Waals surface area (Å²) >= 11 is 9.11. The minimum atomic E-state index is -3.66. The number of hydrogen-bond acceptors (Lipinski definition) is 4. The van der Waals surface area contributed by atoms with E-state index in [4.69, 9.17) is 16.3 Å². The van der Waals surface area contributed by atoms with E-state index in [1.165, 1.54) is 23.6 Å². The maximum Gasteiger partial charge on any atom is 0.246 e. The second kappa shape index (κ2) is 6.70. The molecular weight excluding hydrogens is 368 g/mol. The third kappa shape index (κ3) is 3.71. The van der Waals surface area contributed by atoms with Gasteiger partial charge in [-0.25, -0.2) is 13.4 Å². The van der Waals surface area contributed by atoms with Crippen molar-refractivity contribution in [3.63, 3.8) is 0 Å². The van der Waals surface area contributed by atoms with Crippen molar-refractivity contribution in [2.24, 2.45) is 0 Å². The molecule has 1 unspecified atom stereocenters. The zero-order valence-corrected chi connectivity index (χ0v) is 14.2. The fourth-order valence-electron chi connectivity index (χ4n) is 2.09. The quantitative estimate of drug-likeness (QED) is 0.750. The fraction of sp³-hybridized carbons (Fsp3) is 0.583. The predicted molar refractivity (Wildman–Crippen MR) is 80.4 cm³/mol. The summed E-state index contributed by atoms with van der Waals surface area (Å²) in [5, 5.41) is -0.0235. The molecular formula is C12H16BrClN2O3S. The lowest BCUT2D eigenvalue weighted by molar-refractivity contribution is 0.00858. The first kappa shape index (κ1) is 16.2. The lowest BCUT2D eigenvalue weighted by Gasteiger charge is -2.27. The van der Waals surface area contributed by atoms with Gasteiger partial charge in [-0.1, -0.05) is 11.6 Å². The third-order valence-electron chi connectivity index (χ3n) is 3.20. The van der Waals surface area contributed by atoms with Crippen LogP contribution in [-0.2, 0) is 14.8 Å². The molecule has 0 spiro atoms. The summed E-state index contributed by atoms with van der Waals surface area (Å²) in [6.07, 6.45) is 4.39. The topological polar surface area (TPSA) is 59.5 Å². The Morgan fingerprint density at radius 3 is 2.95 bits per heavy atom. The smallest absolute Gasteiger partial charge is 0.246 e. The Bertz CT molecular complexity index is 576. The van der Waals surface area contributed by atoms with Crippen molar-refractivity contribution in [3.8, 4) is 0 Å². The molecule has 2 heterocycles. The van der Waals surface area contributed by atoms with Crippen molar-refractivity contribution in [2.45, 2.75) is 30.3 Å². The molecule has 0 saturated carbocycles. The van der Waals surface area contributed by atoms with E-state index in [0.29, 0.717) is 17.6 Å². The van der Waals surface area contributed by atoms with E-state index in [0.717, 1.165) is 19.3 Å². The molecule has 20 heavy (non-hydrogen) atoms. The third-order valence-corrected chi connectivity index (χ3v) is 5.88. The van der Waals surface area contributed by atoms with Crippen LogP contribution in [0.3, 0.4) is 0 Å². The molecule has 2 rings (SSSR count). The van der Waals surface area contributed by atoms with Crippen LogP contribution < -0.4 is 0 Å². The number of aromatic nitrogens is 1. The average molecular weight is 384 g/mol. The number of nitrogens with zero attached hydrogens (tertiary/aromatic N) is 2. The van der Waals surface area contributed by atoms with Crippen LogP contribution in [0.4, 0.5) is 0 Å². The highest BCUT2D eigenvalue weighted by atomic mass is 79.9. The summed E-state index contributed by atoms with van der Waals surface area (Å²) in [5.41, 5.74) is 0. The largest absolute Gasteiger partial charge is 0.377 e. The van der Waals surface area contributed by atoms with Gasteiger partial charge in [-0.2, -0.15) is 4.31 Å². The molecule has 1 fully saturated rings. The van der Waals surface area contributed by atoms with Crippen LogP contribution in [0.1, 0.15) is 19.3 Å². The maximum atomic E-state index is 12.5. The van der Waals surface area contributed by atoms with Crippen molar-refractivity contribution in [1.29, 1.82) is 0 Å². The van der Waals surface area contributed by atoms with Gasteiger partial charge in [0, 0.05) is 30.9 Å². The fourth-order valence-corrected chi connectivity index (χ4v) is 4.21. The minimum Gasteiger partial charge on any atom is -0.377 e. The number of sulfonamides is 1. The average Bonchev–Trinajstić information content (AvgIpc) is 2.42. The van der Waals surface area contributed by atoms with Crippen LogP contribution in [0.2, 0.25) is 5.15 Å². The SMILES string of the molecule is CN(CC1CCCCO1)S(=O)(=O)c1cc(Br)cnc1Cl. The van der Waals surface area contributed by atoms with Gasteiger partial charge < -0.3 is 4.74 Å². The first-order valence-corrected chi connectivity index (χ1v) is 8.91. The predicted octanol–water partition coefficient (Wildman–Crippen LogP) is 2.69. The van der Waals surface area contributed by atoms with Crippen molar-refractivity contribution < 1.29 is 13.2 Å². The van der Waals surface area contributed by atoms with Gasteiger partial charge in [0.25, 0.3) is 0 Å². The van der Waals surface area contributed by atoms with Gasteiger partial charge in [0.05, 0.1) is 6.10 Å². The van der Waals surface area contributed by atoms with E-state index >= 15 is 0 Å². The molecule has 8 heteroatoms. The Labute approximate surface area is 132 Å². The summed E-state index contributed by atoms with van der Waals surface area (Å²) in [6.45, 7) is 1.02. The van der Waals surface area contributed by atoms with Gasteiger partial charge >= 0.3 is 0 Å². The van der Waals surface area contributed by atoms with Crippen molar-refractivity contribution in [1.82, 2.24) is 9.29 Å². The van der Waals surface area contributed by atoms with E-state index in [-0.39, 0.29) is 16.2 Å². The Balaban J connectivity index is 2.18. The Kier molecular flexibility index (Phi) is 5.42. The highest BCUT2D eigenvalue weighted by molar-refractivity contribution is 9.10. The molecule has 1 aliphatic heterocycles. The summed E-state index contributed by atoms with van der Waals surface area (Å²) in [5.74, 6) is 0. The number of hydrogen-bond donors (Lipinski definition) is 0. The normalized spacial score (nSPS) is 20.3. The molecule has 1 aliphatic rings. The summed E-state index contributed by atoms with van der Waals surface area (Å²) in [4.78, 5) is 3.86. The first-order valence-electron chi connectivity index (χ1n) is 6.30. The molecule has 1 atom stereocenters. The zero-order valence-electron chi connectivity index (χ0n) is 11.1. The highest BCUT2D eigenvalue weighted by Crippen LogP contribution is 2.26. The summed E-state index contributed by atoms with van der Waals surface area (Å²) in [7, 11) is -2.13. The molecule has 1 saturated heterocycles. The van der Waals surface area contributed by atoms with Gasteiger partial charge in [-0.15, -0.1) is 0 Å². The molecule has 1 aromatic heterocycles. The van der Waals surface area contributed by atoms with Crippen molar-refractivity contribution in [3.05, 3.63) is 21.9 Å². The number of likely N-dealkylation sites (N-methyl/N-ethyl adjacent to an activating group) is 1. The molecule has 0 amide bonds. The van der Waals surface area contributed by atoms with E-state index in [2.05, 4.69) is 20.9 Å². The van der Waals surface area contributed by atoms with Gasteiger partial charge in [-0.3, -0.25) is 0 Å². The van der Waals surface area contributed by atoms with Gasteiger partial charge in [-0.05, 0) is 41.3 Å². The number of halogens is 2. The Morgan fingerprint density at radius 2 is 2.30 bits per heavy atom. The highest BCUT2D eigenvalue weighted by Gasteiger charge is 2.27. The van der Waals surface area contributed by atoms with Crippen LogP contribution in [0.5, 0.6) is 0 Å². The first-order chi connectivity index (χ1) is 9.41. The van der Waals surface area contributed by atoms with Crippen molar-refractivity contribution >= 4 is 37.6 Å². The lowest BCUT2D eigenvalue weighted by Crippen LogP contribution is -2.37. The second-order valence-electron chi connectivity index (χ2n) is 4.72. The Hall–Kier alpha value is -0.210. The molecule has 0 bridgehead atoms. The second-order valence-corrected chi connectivity index (χ2v) is 8.00. The number of rotatable bonds is 4. The van der Waals surface area contributed by atoms with E-state index in [9.17, 15) is 8.42 Å². The van der Waals surface area contributed by atoms with Crippen molar-refractivity contribution in [2.75, 3.05) is 20.2 Å². The van der Waals surface area contributed by atoms with Crippen LogP contribution in [0, 0.1) is 0 Å². The molecule has 0 radical (unpaired) electrons. The summed E-state index contributed by atoms with van der Waals surface area (Å²) < 4.78 is 32.4. The minimum absolute atomic E-state index is 0.00634. The maximum absolute atomic E-state index is 12.5. The van der Waals surface area contributed by atoms with Gasteiger partial charge in [0.2, 0.25) is 10.0 Å². The van der Waals surface area contributed by atoms with Crippen LogP contribution in [0.25, 0.3) is 0 Å². The zero-order chi connectivity index (χ0) is 14.8. The molecule has 5 nitrogen and oxygen atoms in total. The van der Waals surface area contributed by atoms with E-state index < -0.39 is 10.0 Å². The monoisotopic (exact) mass is 382 g/mol. The number of ether oxygens (including phenoxy) is 1. The molecule has 0 aromatic carbocycles. The van der Waals surface area contributed by atoms with Crippen LogP contribution in [0.15, 0.2) is 21.6 Å². The number of pyridine rings is 1. The summed E-state index contributed by atoms with van der Waals surface area (Å²) in [6, 6.07) is 1.46. The van der Waals surface area contributed by atoms with E-state index in [1.54, 1.807) is 0 Å². The van der Waals surface area contributed by atoms with Gasteiger partial charge in [0.15, 0.2) is 0 Å². The molecule has 112 valence electrons. The van der Waals surface area contributed by atoms with Crippen LogP contribution >= 0.6 is 27.5 Å². The van der Waals surface area contributed by atoms with Crippen LogP contribution in [-0.4, -0.2) is 44.0 Å². The molecule has 0 N–H and O–H groups in total. The molecule has 0 aliphatic carbocycles. The van der Waals surface area contributed by atoms with E-state index in [1.807, 2.05) is 0 Å².